The van der Waals surface area contributed by atoms with Crippen molar-refractivity contribution in [1.29, 1.82) is 0 Å². The van der Waals surface area contributed by atoms with Crippen molar-refractivity contribution >= 4 is 11.6 Å². The summed E-state index contributed by atoms with van der Waals surface area (Å²) in [6, 6.07) is 9.43. The second kappa shape index (κ2) is 4.26. The van der Waals surface area contributed by atoms with Crippen molar-refractivity contribution < 1.29 is 4.39 Å². The Balaban J connectivity index is 2.29. The van der Waals surface area contributed by atoms with Crippen LogP contribution >= 0.6 is 0 Å². The SMILES string of the molecule is Cc1nc(Nc2ccccc2)nc(F)c1C. The van der Waals surface area contributed by atoms with Crippen LogP contribution in [0.15, 0.2) is 30.3 Å². The molecule has 16 heavy (non-hydrogen) atoms. The van der Waals surface area contributed by atoms with Crippen molar-refractivity contribution in [2.45, 2.75) is 13.8 Å². The molecule has 0 atom stereocenters. The molecule has 1 aromatic carbocycles. The highest BCUT2D eigenvalue weighted by Gasteiger charge is 2.06. The number of hydrogen-bond acceptors (Lipinski definition) is 3. The number of aromatic nitrogens is 2. The van der Waals surface area contributed by atoms with Gasteiger partial charge in [0.2, 0.25) is 11.9 Å². The lowest BCUT2D eigenvalue weighted by molar-refractivity contribution is 0.569. The average molecular weight is 217 g/mol. The van der Waals surface area contributed by atoms with Gasteiger partial charge >= 0.3 is 0 Å². The van der Waals surface area contributed by atoms with Crippen LogP contribution in [0.2, 0.25) is 0 Å². The third kappa shape index (κ3) is 2.16. The van der Waals surface area contributed by atoms with E-state index in [9.17, 15) is 4.39 Å². The Morgan fingerprint density at radius 1 is 1.06 bits per heavy atom. The van der Waals surface area contributed by atoms with Crippen molar-refractivity contribution in [3.8, 4) is 0 Å². The fraction of sp³-hybridized carbons (Fsp3) is 0.167. The first-order chi connectivity index (χ1) is 7.66. The van der Waals surface area contributed by atoms with Gasteiger partial charge in [0.15, 0.2) is 0 Å². The minimum atomic E-state index is -0.481. The van der Waals surface area contributed by atoms with Crippen LogP contribution in [0.5, 0.6) is 0 Å². The Morgan fingerprint density at radius 3 is 2.38 bits per heavy atom. The third-order valence-electron chi connectivity index (χ3n) is 2.36. The van der Waals surface area contributed by atoms with Crippen molar-refractivity contribution in [3.63, 3.8) is 0 Å². The molecule has 2 aromatic rings. The van der Waals surface area contributed by atoms with E-state index >= 15 is 0 Å². The fourth-order valence-electron chi connectivity index (χ4n) is 1.30. The van der Waals surface area contributed by atoms with Crippen molar-refractivity contribution in [2.75, 3.05) is 5.32 Å². The van der Waals surface area contributed by atoms with Gasteiger partial charge in [-0.25, -0.2) is 4.98 Å². The Kier molecular flexibility index (Phi) is 2.81. The van der Waals surface area contributed by atoms with Crippen LogP contribution in [0.1, 0.15) is 11.3 Å². The zero-order valence-electron chi connectivity index (χ0n) is 9.16. The van der Waals surface area contributed by atoms with E-state index in [2.05, 4.69) is 15.3 Å². The van der Waals surface area contributed by atoms with Crippen molar-refractivity contribution in [3.05, 3.63) is 47.5 Å². The summed E-state index contributed by atoms with van der Waals surface area (Å²) in [5, 5.41) is 2.95. The standard InChI is InChI=1S/C12H12FN3/c1-8-9(2)14-12(16-11(8)13)15-10-6-4-3-5-7-10/h3-7H,1-2H3,(H,14,15,16). The maximum absolute atomic E-state index is 13.4. The molecule has 0 saturated carbocycles. The summed E-state index contributed by atoms with van der Waals surface area (Å²) in [5.74, 6) is -0.197. The number of nitrogens with zero attached hydrogens (tertiary/aromatic N) is 2. The Bertz CT molecular complexity index is 474. The molecule has 2 rings (SSSR count). The maximum atomic E-state index is 13.4. The summed E-state index contributed by atoms with van der Waals surface area (Å²) >= 11 is 0. The number of hydrogen-bond donors (Lipinski definition) is 1. The van der Waals surface area contributed by atoms with E-state index in [0.29, 0.717) is 11.3 Å². The first-order valence-electron chi connectivity index (χ1n) is 4.99. The van der Waals surface area contributed by atoms with Crippen LogP contribution in [0.4, 0.5) is 16.0 Å². The van der Waals surface area contributed by atoms with Crippen LogP contribution in [-0.2, 0) is 0 Å². The topological polar surface area (TPSA) is 37.8 Å². The molecule has 0 amide bonds. The van der Waals surface area contributed by atoms with Crippen LogP contribution in [0.3, 0.4) is 0 Å². The van der Waals surface area contributed by atoms with Crippen LogP contribution in [-0.4, -0.2) is 9.97 Å². The molecule has 1 N–H and O–H groups in total. The summed E-state index contributed by atoms with van der Waals surface area (Å²) in [7, 11) is 0. The van der Waals surface area contributed by atoms with Gasteiger partial charge in [-0.05, 0) is 26.0 Å². The Labute approximate surface area is 93.4 Å². The lowest BCUT2D eigenvalue weighted by Crippen LogP contribution is -2.03. The summed E-state index contributed by atoms with van der Waals surface area (Å²) in [5.41, 5.74) is 1.97. The highest BCUT2D eigenvalue weighted by atomic mass is 19.1. The highest BCUT2D eigenvalue weighted by molar-refractivity contribution is 5.52. The lowest BCUT2D eigenvalue weighted by atomic mass is 10.3. The van der Waals surface area contributed by atoms with Crippen molar-refractivity contribution in [2.24, 2.45) is 0 Å². The second-order valence-corrected chi connectivity index (χ2v) is 3.54. The lowest BCUT2D eigenvalue weighted by Gasteiger charge is -2.07. The van der Waals surface area contributed by atoms with Crippen LogP contribution < -0.4 is 5.32 Å². The van der Waals surface area contributed by atoms with E-state index < -0.39 is 5.95 Å². The molecule has 0 fully saturated rings. The number of benzene rings is 1. The minimum absolute atomic E-state index is 0.284. The predicted octanol–water partition coefficient (Wildman–Crippen LogP) is 2.98. The molecule has 0 radical (unpaired) electrons. The van der Waals surface area contributed by atoms with Gasteiger partial charge in [-0.2, -0.15) is 9.37 Å². The second-order valence-electron chi connectivity index (χ2n) is 3.54. The van der Waals surface area contributed by atoms with Gasteiger partial charge in [-0.3, -0.25) is 0 Å². The number of anilines is 2. The minimum Gasteiger partial charge on any atom is -0.324 e. The van der Waals surface area contributed by atoms with Crippen LogP contribution in [0, 0.1) is 19.8 Å². The van der Waals surface area contributed by atoms with Gasteiger partial charge in [0.1, 0.15) is 0 Å². The normalized spacial score (nSPS) is 10.2. The average Bonchev–Trinajstić information content (AvgIpc) is 2.27. The summed E-state index contributed by atoms with van der Waals surface area (Å²) in [6.07, 6.45) is 0. The largest absolute Gasteiger partial charge is 0.324 e. The number of para-hydroxylation sites is 1. The third-order valence-corrected chi connectivity index (χ3v) is 2.36. The molecule has 1 heterocycles. The quantitative estimate of drug-likeness (QED) is 0.786. The van der Waals surface area contributed by atoms with Gasteiger partial charge in [0.25, 0.3) is 0 Å². The van der Waals surface area contributed by atoms with Gasteiger partial charge in [0, 0.05) is 16.9 Å². The van der Waals surface area contributed by atoms with Gasteiger partial charge in [0.05, 0.1) is 0 Å². The molecule has 0 unspecified atom stereocenters. The molecule has 0 aliphatic rings. The molecule has 0 aliphatic heterocycles. The molecule has 0 spiro atoms. The van der Waals surface area contributed by atoms with E-state index in [1.165, 1.54) is 0 Å². The Morgan fingerprint density at radius 2 is 1.75 bits per heavy atom. The monoisotopic (exact) mass is 217 g/mol. The molecule has 0 saturated heterocycles. The summed E-state index contributed by atoms with van der Waals surface area (Å²) in [4.78, 5) is 7.91. The molecule has 4 heteroatoms. The molecule has 82 valence electrons. The van der Waals surface area contributed by atoms with Gasteiger partial charge in [-0.15, -0.1) is 0 Å². The zero-order valence-corrected chi connectivity index (χ0v) is 9.16. The van der Waals surface area contributed by atoms with E-state index in [4.69, 9.17) is 0 Å². The van der Waals surface area contributed by atoms with Gasteiger partial charge in [-0.1, -0.05) is 18.2 Å². The number of aryl methyl sites for hydroxylation is 1. The van der Waals surface area contributed by atoms with E-state index in [1.54, 1.807) is 13.8 Å². The Hall–Kier alpha value is -1.97. The van der Waals surface area contributed by atoms with E-state index in [-0.39, 0.29) is 5.95 Å². The smallest absolute Gasteiger partial charge is 0.230 e. The predicted molar refractivity (Wildman–Crippen MR) is 61.2 cm³/mol. The molecular formula is C12H12FN3. The van der Waals surface area contributed by atoms with Crippen LogP contribution in [0.25, 0.3) is 0 Å². The maximum Gasteiger partial charge on any atom is 0.230 e. The number of halogens is 1. The summed E-state index contributed by atoms with van der Waals surface area (Å²) in [6.45, 7) is 3.42. The van der Waals surface area contributed by atoms with E-state index in [0.717, 1.165) is 5.69 Å². The van der Waals surface area contributed by atoms with E-state index in [1.807, 2.05) is 30.3 Å². The first kappa shape index (κ1) is 10.5. The number of rotatable bonds is 2. The summed E-state index contributed by atoms with van der Waals surface area (Å²) < 4.78 is 13.4. The molecule has 0 aliphatic carbocycles. The van der Waals surface area contributed by atoms with Gasteiger partial charge < -0.3 is 5.32 Å². The molecule has 0 bridgehead atoms. The zero-order chi connectivity index (χ0) is 11.5. The van der Waals surface area contributed by atoms with Crippen molar-refractivity contribution in [1.82, 2.24) is 9.97 Å². The highest BCUT2D eigenvalue weighted by Crippen LogP contribution is 2.15. The number of nitrogens with one attached hydrogen (secondary N) is 1. The molecule has 3 nitrogen and oxygen atoms in total. The molecule has 1 aromatic heterocycles. The molecular weight excluding hydrogens is 205 g/mol. The fourth-order valence-corrected chi connectivity index (χ4v) is 1.30. The first-order valence-corrected chi connectivity index (χ1v) is 4.99.